The zero-order valence-electron chi connectivity index (χ0n) is 7.92. The van der Waals surface area contributed by atoms with Crippen LogP contribution in [0.25, 0.3) is 11.4 Å². The molecule has 1 heterocycles. The zero-order valence-corrected chi connectivity index (χ0v) is 11.7. The van der Waals surface area contributed by atoms with Gasteiger partial charge in [0.1, 0.15) is 11.6 Å². The maximum atomic E-state index is 13.0. The van der Waals surface area contributed by atoms with Crippen molar-refractivity contribution in [3.63, 3.8) is 0 Å². The molecule has 0 saturated carbocycles. The molecule has 0 bridgehead atoms. The largest absolute Gasteiger partial charge is 0.383 e. The van der Waals surface area contributed by atoms with Crippen LogP contribution in [0.4, 0.5) is 10.2 Å². The molecular formula is C10H6BrFIN3. The number of rotatable bonds is 1. The fraction of sp³-hybridized carbons (Fsp3) is 0. The van der Waals surface area contributed by atoms with Gasteiger partial charge < -0.3 is 5.73 Å². The number of nitrogens with zero attached hydrogens (tertiary/aromatic N) is 2. The molecule has 0 aliphatic carbocycles. The van der Waals surface area contributed by atoms with Gasteiger partial charge in [0.15, 0.2) is 5.82 Å². The van der Waals surface area contributed by atoms with Crippen LogP contribution >= 0.6 is 38.5 Å². The molecular weight excluding hydrogens is 388 g/mol. The molecule has 0 aliphatic heterocycles. The lowest BCUT2D eigenvalue weighted by molar-refractivity contribution is 0.621. The minimum Gasteiger partial charge on any atom is -0.383 e. The van der Waals surface area contributed by atoms with Crippen LogP contribution in [0.3, 0.4) is 0 Å². The van der Waals surface area contributed by atoms with Gasteiger partial charge in [0, 0.05) is 11.8 Å². The lowest BCUT2D eigenvalue weighted by Crippen LogP contribution is -1.98. The second-order valence-corrected chi connectivity index (χ2v) is 5.07. The van der Waals surface area contributed by atoms with Crippen molar-refractivity contribution in [2.24, 2.45) is 0 Å². The number of aromatic nitrogens is 2. The Balaban J connectivity index is 2.50. The third-order valence-corrected chi connectivity index (χ3v) is 3.39. The Kier molecular flexibility index (Phi) is 3.38. The van der Waals surface area contributed by atoms with Gasteiger partial charge in [0.25, 0.3) is 0 Å². The summed E-state index contributed by atoms with van der Waals surface area (Å²) in [5.74, 6) is 0.590. The van der Waals surface area contributed by atoms with E-state index in [1.165, 1.54) is 6.07 Å². The van der Waals surface area contributed by atoms with Crippen molar-refractivity contribution in [3.05, 3.63) is 38.3 Å². The van der Waals surface area contributed by atoms with Crippen LogP contribution < -0.4 is 5.73 Å². The molecule has 0 fully saturated rings. The predicted octanol–water partition coefficient (Wildman–Crippen LogP) is 3.23. The van der Waals surface area contributed by atoms with Gasteiger partial charge >= 0.3 is 0 Å². The molecule has 2 aromatic rings. The molecule has 0 atom stereocenters. The fourth-order valence-electron chi connectivity index (χ4n) is 1.15. The van der Waals surface area contributed by atoms with Crippen molar-refractivity contribution in [1.29, 1.82) is 0 Å². The van der Waals surface area contributed by atoms with Crippen molar-refractivity contribution < 1.29 is 4.39 Å². The Morgan fingerprint density at radius 2 is 2.12 bits per heavy atom. The summed E-state index contributed by atoms with van der Waals surface area (Å²) in [5, 5.41) is 0. The smallest absolute Gasteiger partial charge is 0.161 e. The summed E-state index contributed by atoms with van der Waals surface area (Å²) in [7, 11) is 0. The molecule has 2 N–H and O–H groups in total. The summed E-state index contributed by atoms with van der Waals surface area (Å²) in [4.78, 5) is 8.27. The summed E-state index contributed by atoms with van der Waals surface area (Å²) in [6.45, 7) is 0. The third-order valence-electron chi connectivity index (χ3n) is 1.95. The number of hydrogen-bond acceptors (Lipinski definition) is 3. The highest BCUT2D eigenvalue weighted by molar-refractivity contribution is 14.1. The van der Waals surface area contributed by atoms with Crippen LogP contribution in [0.2, 0.25) is 0 Å². The van der Waals surface area contributed by atoms with E-state index in [0.717, 1.165) is 9.13 Å². The average molecular weight is 394 g/mol. The molecule has 0 spiro atoms. The van der Waals surface area contributed by atoms with E-state index >= 15 is 0 Å². The van der Waals surface area contributed by atoms with Crippen LogP contribution in [0, 0.1) is 9.39 Å². The molecule has 16 heavy (non-hydrogen) atoms. The van der Waals surface area contributed by atoms with Crippen LogP contribution in [0.15, 0.2) is 28.9 Å². The SMILES string of the molecule is Nc1nc(-c2ccc(F)c(Br)c2)ncc1I. The van der Waals surface area contributed by atoms with Gasteiger partial charge in [0.05, 0.1) is 8.04 Å². The van der Waals surface area contributed by atoms with Crippen LogP contribution in [-0.4, -0.2) is 9.97 Å². The van der Waals surface area contributed by atoms with Crippen molar-refractivity contribution >= 4 is 44.3 Å². The molecule has 6 heteroatoms. The third kappa shape index (κ3) is 2.32. The number of nitrogen functional groups attached to an aromatic ring is 1. The summed E-state index contributed by atoms with van der Waals surface area (Å²) in [5.41, 5.74) is 6.40. The number of benzene rings is 1. The normalized spacial score (nSPS) is 10.4. The number of nitrogens with two attached hydrogens (primary N) is 1. The maximum absolute atomic E-state index is 13.0. The van der Waals surface area contributed by atoms with Crippen molar-refractivity contribution in [2.45, 2.75) is 0 Å². The van der Waals surface area contributed by atoms with Crippen LogP contribution in [0.5, 0.6) is 0 Å². The highest BCUT2D eigenvalue weighted by Gasteiger charge is 2.07. The first-order valence-electron chi connectivity index (χ1n) is 4.31. The Morgan fingerprint density at radius 1 is 1.38 bits per heavy atom. The van der Waals surface area contributed by atoms with Crippen molar-refractivity contribution in [1.82, 2.24) is 9.97 Å². The Morgan fingerprint density at radius 3 is 2.75 bits per heavy atom. The second-order valence-electron chi connectivity index (χ2n) is 3.06. The summed E-state index contributed by atoms with van der Waals surface area (Å²) in [6.07, 6.45) is 1.63. The molecule has 1 aromatic heterocycles. The fourth-order valence-corrected chi connectivity index (χ4v) is 1.79. The molecule has 82 valence electrons. The van der Waals surface area contributed by atoms with Gasteiger partial charge in [-0.15, -0.1) is 0 Å². The molecule has 0 radical (unpaired) electrons. The van der Waals surface area contributed by atoms with E-state index in [1.54, 1.807) is 18.3 Å². The first-order valence-corrected chi connectivity index (χ1v) is 6.18. The van der Waals surface area contributed by atoms with Crippen molar-refractivity contribution in [3.8, 4) is 11.4 Å². The monoisotopic (exact) mass is 393 g/mol. The van der Waals surface area contributed by atoms with Crippen molar-refractivity contribution in [2.75, 3.05) is 5.73 Å². The Labute approximate surface area is 114 Å². The summed E-state index contributed by atoms with van der Waals surface area (Å²) in [6, 6.07) is 4.59. The number of anilines is 1. The van der Waals surface area contributed by atoms with Gasteiger partial charge in [-0.1, -0.05) is 0 Å². The van der Waals surface area contributed by atoms with Gasteiger partial charge in [-0.2, -0.15) is 0 Å². The summed E-state index contributed by atoms with van der Waals surface area (Å²) >= 11 is 5.17. The van der Waals surface area contributed by atoms with Gasteiger partial charge in [0.2, 0.25) is 0 Å². The van der Waals surface area contributed by atoms with E-state index in [2.05, 4.69) is 48.5 Å². The maximum Gasteiger partial charge on any atom is 0.161 e. The Hall–Kier alpha value is -0.760. The summed E-state index contributed by atoms with van der Waals surface area (Å²) < 4.78 is 14.2. The standard InChI is InChI=1S/C10H6BrFIN3/c11-6-3-5(1-2-7(6)12)10-15-4-8(13)9(14)16-10/h1-4H,(H2,14,15,16). The van der Waals surface area contributed by atoms with E-state index in [1.807, 2.05) is 0 Å². The van der Waals surface area contributed by atoms with Gasteiger partial charge in [-0.05, 0) is 56.7 Å². The molecule has 1 aromatic carbocycles. The highest BCUT2D eigenvalue weighted by Crippen LogP contribution is 2.24. The molecule has 0 amide bonds. The Bertz CT molecular complexity index is 498. The van der Waals surface area contributed by atoms with E-state index in [0.29, 0.717) is 16.1 Å². The zero-order chi connectivity index (χ0) is 11.7. The van der Waals surface area contributed by atoms with Crippen LogP contribution in [0.1, 0.15) is 0 Å². The topological polar surface area (TPSA) is 51.8 Å². The van der Waals surface area contributed by atoms with E-state index in [9.17, 15) is 4.39 Å². The minimum atomic E-state index is -0.317. The molecule has 0 aliphatic rings. The predicted molar refractivity (Wildman–Crippen MR) is 72.3 cm³/mol. The lowest BCUT2D eigenvalue weighted by atomic mass is 10.2. The van der Waals surface area contributed by atoms with Gasteiger partial charge in [-0.3, -0.25) is 0 Å². The average Bonchev–Trinajstić information content (AvgIpc) is 2.26. The second kappa shape index (κ2) is 4.62. The van der Waals surface area contributed by atoms with E-state index in [4.69, 9.17) is 5.73 Å². The first-order chi connectivity index (χ1) is 7.58. The molecule has 3 nitrogen and oxygen atoms in total. The lowest BCUT2D eigenvalue weighted by Gasteiger charge is -2.03. The van der Waals surface area contributed by atoms with E-state index in [-0.39, 0.29) is 5.82 Å². The molecule has 2 rings (SSSR count). The number of hydrogen-bond donors (Lipinski definition) is 1. The molecule has 0 saturated heterocycles. The van der Waals surface area contributed by atoms with Gasteiger partial charge in [-0.25, -0.2) is 14.4 Å². The molecule has 0 unspecified atom stereocenters. The minimum absolute atomic E-state index is 0.317. The number of halogens is 3. The first kappa shape index (κ1) is 11.7. The van der Waals surface area contributed by atoms with Crippen LogP contribution in [-0.2, 0) is 0 Å². The quantitative estimate of drug-likeness (QED) is 0.757. The van der Waals surface area contributed by atoms with E-state index < -0.39 is 0 Å². The highest BCUT2D eigenvalue weighted by atomic mass is 127.